The third-order valence-electron chi connectivity index (χ3n) is 3.94. The Labute approximate surface area is 148 Å². The molecule has 7 heteroatoms. The standard InChI is InChI=1S/C18H19F2N3OS/c1-3-4-7-23-17(24)16-15(8-11(2)21-16)22-18(23)25-10-12-9-13(19)5-6-14(12)20/h5-6,8-9,21H,3-4,7,10H2,1-2H3. The molecule has 0 saturated heterocycles. The first-order valence-electron chi connectivity index (χ1n) is 8.16. The molecule has 1 aromatic carbocycles. The van der Waals surface area contributed by atoms with Gasteiger partial charge in [0.2, 0.25) is 0 Å². The maximum atomic E-state index is 13.8. The molecule has 0 spiro atoms. The Balaban J connectivity index is 1.98. The number of fused-ring (bicyclic) bond motifs is 1. The molecule has 0 fully saturated rings. The van der Waals surface area contributed by atoms with Crippen molar-refractivity contribution < 1.29 is 8.78 Å². The molecule has 0 unspecified atom stereocenters. The minimum atomic E-state index is -0.481. The molecule has 0 saturated carbocycles. The molecule has 4 nitrogen and oxygen atoms in total. The van der Waals surface area contributed by atoms with Crippen molar-refractivity contribution >= 4 is 22.8 Å². The first kappa shape index (κ1) is 17.7. The molecular weight excluding hydrogens is 344 g/mol. The van der Waals surface area contributed by atoms with E-state index in [0.717, 1.165) is 30.7 Å². The van der Waals surface area contributed by atoms with Crippen LogP contribution in [0.25, 0.3) is 11.0 Å². The summed E-state index contributed by atoms with van der Waals surface area (Å²) in [5.74, 6) is -0.739. The Bertz CT molecular complexity index is 965. The van der Waals surface area contributed by atoms with Gasteiger partial charge in [-0.1, -0.05) is 25.1 Å². The number of aromatic amines is 1. The fourth-order valence-corrected chi connectivity index (χ4v) is 3.63. The van der Waals surface area contributed by atoms with E-state index in [2.05, 4.69) is 9.97 Å². The second-order valence-corrected chi connectivity index (χ2v) is 6.88. The van der Waals surface area contributed by atoms with E-state index < -0.39 is 11.6 Å². The van der Waals surface area contributed by atoms with Crippen LogP contribution in [0.5, 0.6) is 0 Å². The highest BCUT2D eigenvalue weighted by molar-refractivity contribution is 7.98. The largest absolute Gasteiger partial charge is 0.353 e. The van der Waals surface area contributed by atoms with E-state index in [0.29, 0.717) is 22.7 Å². The predicted molar refractivity (Wildman–Crippen MR) is 95.9 cm³/mol. The van der Waals surface area contributed by atoms with Crippen LogP contribution in [0.2, 0.25) is 0 Å². The zero-order valence-corrected chi connectivity index (χ0v) is 14.9. The highest BCUT2D eigenvalue weighted by atomic mass is 32.2. The summed E-state index contributed by atoms with van der Waals surface area (Å²) in [6, 6.07) is 5.19. The van der Waals surface area contributed by atoms with Gasteiger partial charge in [-0.2, -0.15) is 0 Å². The number of aromatic nitrogens is 3. The Hall–Kier alpha value is -2.15. The van der Waals surface area contributed by atoms with Gasteiger partial charge in [-0.25, -0.2) is 13.8 Å². The number of thioether (sulfide) groups is 1. The molecule has 2 heterocycles. The van der Waals surface area contributed by atoms with Crippen LogP contribution in [0, 0.1) is 18.6 Å². The van der Waals surface area contributed by atoms with Gasteiger partial charge in [-0.3, -0.25) is 9.36 Å². The molecule has 0 bridgehead atoms. The van der Waals surface area contributed by atoms with Crippen LogP contribution < -0.4 is 5.56 Å². The van der Waals surface area contributed by atoms with Gasteiger partial charge in [0.25, 0.3) is 5.56 Å². The molecule has 0 atom stereocenters. The van der Waals surface area contributed by atoms with E-state index >= 15 is 0 Å². The quantitative estimate of drug-likeness (QED) is 0.521. The number of nitrogens with zero attached hydrogens (tertiary/aromatic N) is 2. The first-order chi connectivity index (χ1) is 12.0. The number of aryl methyl sites for hydroxylation is 1. The van der Waals surface area contributed by atoms with Crippen molar-refractivity contribution in [1.82, 2.24) is 14.5 Å². The third-order valence-corrected chi connectivity index (χ3v) is 4.96. The van der Waals surface area contributed by atoms with Crippen LogP contribution in [-0.4, -0.2) is 14.5 Å². The number of hydrogen-bond acceptors (Lipinski definition) is 3. The van der Waals surface area contributed by atoms with Crippen LogP contribution in [0.4, 0.5) is 8.78 Å². The molecular formula is C18H19F2N3OS. The highest BCUT2D eigenvalue weighted by Gasteiger charge is 2.14. The summed E-state index contributed by atoms with van der Waals surface area (Å²) in [6.07, 6.45) is 1.78. The van der Waals surface area contributed by atoms with Gasteiger partial charge in [0, 0.05) is 23.6 Å². The average molecular weight is 363 g/mol. The number of H-pyrrole nitrogens is 1. The maximum Gasteiger partial charge on any atom is 0.278 e. The molecule has 25 heavy (non-hydrogen) atoms. The summed E-state index contributed by atoms with van der Waals surface area (Å²) < 4.78 is 28.8. The number of hydrogen-bond donors (Lipinski definition) is 1. The molecule has 3 rings (SSSR count). The van der Waals surface area contributed by atoms with Crippen molar-refractivity contribution in [2.24, 2.45) is 0 Å². The van der Waals surface area contributed by atoms with Crippen molar-refractivity contribution in [3.05, 3.63) is 57.5 Å². The van der Waals surface area contributed by atoms with Crippen LogP contribution in [0.3, 0.4) is 0 Å². The molecule has 1 N–H and O–H groups in total. The average Bonchev–Trinajstić information content (AvgIpc) is 2.96. The molecule has 132 valence electrons. The number of nitrogens with one attached hydrogen (secondary N) is 1. The Morgan fingerprint density at radius 1 is 1.28 bits per heavy atom. The summed E-state index contributed by atoms with van der Waals surface area (Å²) in [4.78, 5) is 20.3. The number of halogens is 2. The van der Waals surface area contributed by atoms with Crippen molar-refractivity contribution in [3.63, 3.8) is 0 Å². The molecule has 2 aromatic heterocycles. The highest BCUT2D eigenvalue weighted by Crippen LogP contribution is 2.24. The van der Waals surface area contributed by atoms with E-state index in [-0.39, 0.29) is 16.9 Å². The summed E-state index contributed by atoms with van der Waals surface area (Å²) in [6.45, 7) is 4.46. The van der Waals surface area contributed by atoms with Crippen LogP contribution >= 0.6 is 11.8 Å². The zero-order valence-electron chi connectivity index (χ0n) is 14.1. The van der Waals surface area contributed by atoms with Gasteiger partial charge in [-0.05, 0) is 37.6 Å². The number of rotatable bonds is 6. The van der Waals surface area contributed by atoms with Gasteiger partial charge in [-0.15, -0.1) is 0 Å². The molecule has 0 amide bonds. The lowest BCUT2D eigenvalue weighted by Crippen LogP contribution is -2.23. The van der Waals surface area contributed by atoms with E-state index in [9.17, 15) is 13.6 Å². The summed E-state index contributed by atoms with van der Waals surface area (Å²) in [7, 11) is 0. The zero-order chi connectivity index (χ0) is 18.0. The van der Waals surface area contributed by atoms with Crippen LogP contribution in [-0.2, 0) is 12.3 Å². The number of unbranched alkanes of at least 4 members (excludes halogenated alkanes) is 1. The topological polar surface area (TPSA) is 50.7 Å². The van der Waals surface area contributed by atoms with Crippen molar-refractivity contribution in [2.45, 2.75) is 44.1 Å². The molecule has 0 aliphatic carbocycles. The molecule has 0 aliphatic heterocycles. The lowest BCUT2D eigenvalue weighted by Gasteiger charge is -2.11. The lowest BCUT2D eigenvalue weighted by molar-refractivity contribution is 0.557. The van der Waals surface area contributed by atoms with Crippen molar-refractivity contribution in [2.75, 3.05) is 0 Å². The lowest BCUT2D eigenvalue weighted by atomic mass is 10.2. The van der Waals surface area contributed by atoms with E-state index in [1.807, 2.05) is 19.9 Å². The first-order valence-corrected chi connectivity index (χ1v) is 9.15. The molecule has 0 radical (unpaired) electrons. The minimum absolute atomic E-state index is 0.131. The fraction of sp³-hybridized carbons (Fsp3) is 0.333. The van der Waals surface area contributed by atoms with E-state index in [4.69, 9.17) is 0 Å². The third kappa shape index (κ3) is 3.76. The Morgan fingerprint density at radius 2 is 2.08 bits per heavy atom. The van der Waals surface area contributed by atoms with Crippen molar-refractivity contribution in [3.8, 4) is 0 Å². The van der Waals surface area contributed by atoms with E-state index in [1.165, 1.54) is 17.8 Å². The predicted octanol–water partition coefficient (Wildman–Crippen LogP) is 4.40. The SMILES string of the molecule is CCCCn1c(SCc2cc(F)ccc2F)nc2cc(C)[nH]c2c1=O. The monoisotopic (exact) mass is 363 g/mol. The number of benzene rings is 1. The Kier molecular flexibility index (Phi) is 5.22. The summed E-state index contributed by atoms with van der Waals surface area (Å²) in [5.41, 5.74) is 2.06. The Morgan fingerprint density at radius 3 is 2.84 bits per heavy atom. The maximum absolute atomic E-state index is 13.8. The van der Waals surface area contributed by atoms with Crippen LogP contribution in [0.1, 0.15) is 31.0 Å². The van der Waals surface area contributed by atoms with E-state index in [1.54, 1.807) is 4.57 Å². The second kappa shape index (κ2) is 7.39. The van der Waals surface area contributed by atoms with Crippen molar-refractivity contribution in [1.29, 1.82) is 0 Å². The van der Waals surface area contributed by atoms with Gasteiger partial charge in [0.1, 0.15) is 17.2 Å². The van der Waals surface area contributed by atoms with Gasteiger partial charge in [0.15, 0.2) is 5.16 Å². The van der Waals surface area contributed by atoms with Crippen LogP contribution in [0.15, 0.2) is 34.2 Å². The normalized spacial score (nSPS) is 11.4. The molecule has 3 aromatic rings. The van der Waals surface area contributed by atoms with Gasteiger partial charge in [0.05, 0.1) is 5.52 Å². The van der Waals surface area contributed by atoms with Gasteiger partial charge >= 0.3 is 0 Å². The summed E-state index contributed by atoms with van der Waals surface area (Å²) in [5, 5.41) is 0.522. The fourth-order valence-electron chi connectivity index (χ4n) is 2.63. The minimum Gasteiger partial charge on any atom is -0.353 e. The molecule has 0 aliphatic rings. The summed E-state index contributed by atoms with van der Waals surface area (Å²) >= 11 is 1.24. The second-order valence-electron chi connectivity index (χ2n) is 5.94. The smallest absolute Gasteiger partial charge is 0.278 e. The van der Waals surface area contributed by atoms with Gasteiger partial charge < -0.3 is 4.98 Å².